The molecule has 30 heavy (non-hydrogen) atoms. The molecular formula is C20H14F2N2O5S. The van der Waals surface area contributed by atoms with Gasteiger partial charge >= 0.3 is 0 Å². The van der Waals surface area contributed by atoms with E-state index < -0.39 is 32.5 Å². The number of amides is 1. The number of ether oxygens (including phenoxy) is 2. The van der Waals surface area contributed by atoms with E-state index >= 15 is 0 Å². The zero-order chi connectivity index (χ0) is 21.3. The minimum atomic E-state index is -4.26. The van der Waals surface area contributed by atoms with Crippen LogP contribution in [-0.2, 0) is 10.0 Å². The molecule has 1 aliphatic heterocycles. The van der Waals surface area contributed by atoms with Crippen LogP contribution in [0.15, 0.2) is 65.6 Å². The van der Waals surface area contributed by atoms with Crippen molar-refractivity contribution >= 4 is 27.3 Å². The number of carbonyl (C=O) groups is 1. The van der Waals surface area contributed by atoms with Crippen LogP contribution in [-0.4, -0.2) is 21.1 Å². The number of carbonyl (C=O) groups excluding carboxylic acids is 1. The first kappa shape index (κ1) is 19.6. The van der Waals surface area contributed by atoms with E-state index in [4.69, 9.17) is 9.47 Å². The fraction of sp³-hybridized carbons (Fsp3) is 0.0500. The first-order valence-electron chi connectivity index (χ1n) is 8.61. The summed E-state index contributed by atoms with van der Waals surface area (Å²) in [5.74, 6) is -2.03. The van der Waals surface area contributed by atoms with Crippen molar-refractivity contribution in [1.29, 1.82) is 0 Å². The second-order valence-corrected chi connectivity index (χ2v) is 7.93. The third-order valence-electron chi connectivity index (χ3n) is 4.25. The molecule has 7 nitrogen and oxygen atoms in total. The fourth-order valence-electron chi connectivity index (χ4n) is 2.79. The molecule has 0 spiro atoms. The van der Waals surface area contributed by atoms with Gasteiger partial charge in [-0.25, -0.2) is 17.2 Å². The minimum Gasteiger partial charge on any atom is -0.454 e. The first-order valence-corrected chi connectivity index (χ1v) is 10.1. The highest BCUT2D eigenvalue weighted by molar-refractivity contribution is 7.92. The Labute approximate surface area is 170 Å². The van der Waals surface area contributed by atoms with Gasteiger partial charge in [0, 0.05) is 11.8 Å². The summed E-state index contributed by atoms with van der Waals surface area (Å²) in [4.78, 5) is 12.2. The number of hydrogen-bond acceptors (Lipinski definition) is 5. The molecule has 0 fully saturated rings. The lowest BCUT2D eigenvalue weighted by Gasteiger charge is -2.13. The van der Waals surface area contributed by atoms with E-state index in [-0.39, 0.29) is 18.0 Å². The third kappa shape index (κ3) is 3.90. The molecule has 3 aromatic rings. The van der Waals surface area contributed by atoms with Crippen molar-refractivity contribution in [2.24, 2.45) is 0 Å². The highest BCUT2D eigenvalue weighted by Gasteiger charge is 2.21. The summed E-state index contributed by atoms with van der Waals surface area (Å²) in [6.45, 7) is 0.0846. The van der Waals surface area contributed by atoms with Gasteiger partial charge in [-0.2, -0.15) is 0 Å². The molecule has 10 heteroatoms. The Kier molecular flexibility index (Phi) is 5.00. The predicted octanol–water partition coefficient (Wildman–Crippen LogP) is 3.75. The van der Waals surface area contributed by atoms with Crippen molar-refractivity contribution in [3.05, 3.63) is 77.9 Å². The first-order chi connectivity index (χ1) is 14.3. The van der Waals surface area contributed by atoms with E-state index in [1.165, 1.54) is 18.2 Å². The van der Waals surface area contributed by atoms with Crippen LogP contribution in [0.5, 0.6) is 11.5 Å². The Morgan fingerprint density at radius 2 is 1.67 bits per heavy atom. The Hall–Kier alpha value is -3.66. The van der Waals surface area contributed by atoms with E-state index in [1.807, 2.05) is 0 Å². The van der Waals surface area contributed by atoms with Crippen molar-refractivity contribution in [2.45, 2.75) is 4.90 Å². The number of anilines is 2. The van der Waals surface area contributed by atoms with Gasteiger partial charge in [0.1, 0.15) is 0 Å². The van der Waals surface area contributed by atoms with Crippen LogP contribution in [0.25, 0.3) is 0 Å². The highest BCUT2D eigenvalue weighted by Crippen LogP contribution is 2.34. The van der Waals surface area contributed by atoms with Gasteiger partial charge in [0.05, 0.1) is 16.1 Å². The molecular weight excluding hydrogens is 418 g/mol. The molecule has 2 N–H and O–H groups in total. The zero-order valence-corrected chi connectivity index (χ0v) is 16.0. The molecule has 0 radical (unpaired) electrons. The van der Waals surface area contributed by atoms with Crippen LogP contribution >= 0.6 is 0 Å². The van der Waals surface area contributed by atoms with Crippen molar-refractivity contribution in [3.8, 4) is 11.5 Å². The third-order valence-corrected chi connectivity index (χ3v) is 5.61. The minimum absolute atomic E-state index is 0.0273. The SMILES string of the molecule is O=C(Nc1ccc2c(c1)OCO2)c1ccccc1NS(=O)(=O)c1ccc(F)c(F)c1. The Bertz CT molecular complexity index is 1250. The summed E-state index contributed by atoms with van der Waals surface area (Å²) in [7, 11) is -4.26. The van der Waals surface area contributed by atoms with Crippen LogP contribution in [0.1, 0.15) is 10.4 Å². The summed E-state index contributed by atoms with van der Waals surface area (Å²) >= 11 is 0. The molecule has 1 heterocycles. The zero-order valence-electron chi connectivity index (χ0n) is 15.2. The van der Waals surface area contributed by atoms with Gasteiger partial charge in [0.25, 0.3) is 15.9 Å². The largest absolute Gasteiger partial charge is 0.454 e. The fourth-order valence-corrected chi connectivity index (χ4v) is 3.88. The van der Waals surface area contributed by atoms with Gasteiger partial charge in [0.15, 0.2) is 23.1 Å². The normalized spacial score (nSPS) is 12.5. The number of hydrogen-bond donors (Lipinski definition) is 2. The monoisotopic (exact) mass is 432 g/mol. The van der Waals surface area contributed by atoms with E-state index in [2.05, 4.69) is 10.0 Å². The molecule has 3 aromatic carbocycles. The molecule has 0 saturated heterocycles. The van der Waals surface area contributed by atoms with Crippen LogP contribution in [0.2, 0.25) is 0 Å². The van der Waals surface area contributed by atoms with Gasteiger partial charge in [-0.15, -0.1) is 0 Å². The topological polar surface area (TPSA) is 93.7 Å². The molecule has 0 atom stereocenters. The van der Waals surface area contributed by atoms with Gasteiger partial charge in [-0.05, 0) is 42.5 Å². The number of halogens is 2. The maximum absolute atomic E-state index is 13.4. The predicted molar refractivity (Wildman–Crippen MR) is 104 cm³/mol. The van der Waals surface area contributed by atoms with Gasteiger partial charge in [-0.1, -0.05) is 12.1 Å². The Morgan fingerprint density at radius 1 is 0.900 bits per heavy atom. The number of fused-ring (bicyclic) bond motifs is 1. The summed E-state index contributed by atoms with van der Waals surface area (Å²) in [5.41, 5.74) is 0.421. The number of benzene rings is 3. The van der Waals surface area contributed by atoms with Crippen molar-refractivity contribution in [2.75, 3.05) is 16.8 Å². The maximum Gasteiger partial charge on any atom is 0.262 e. The van der Waals surface area contributed by atoms with Gasteiger partial charge in [0.2, 0.25) is 6.79 Å². The second kappa shape index (κ2) is 7.64. The van der Waals surface area contributed by atoms with Crippen molar-refractivity contribution in [3.63, 3.8) is 0 Å². The standard InChI is InChI=1S/C20H14F2N2O5S/c21-15-7-6-13(10-16(15)22)30(26,27)24-17-4-2-1-3-14(17)20(25)23-12-5-8-18-19(9-12)29-11-28-18/h1-10,24H,11H2,(H,23,25). The lowest BCUT2D eigenvalue weighted by Crippen LogP contribution is -2.18. The van der Waals surface area contributed by atoms with E-state index in [9.17, 15) is 22.0 Å². The molecule has 0 unspecified atom stereocenters. The second-order valence-electron chi connectivity index (χ2n) is 6.25. The van der Waals surface area contributed by atoms with Gasteiger partial charge < -0.3 is 14.8 Å². The molecule has 4 rings (SSSR count). The average molecular weight is 432 g/mol. The molecule has 0 aliphatic carbocycles. The van der Waals surface area contributed by atoms with Crippen molar-refractivity contribution in [1.82, 2.24) is 0 Å². The van der Waals surface area contributed by atoms with E-state index in [0.29, 0.717) is 29.3 Å². The molecule has 0 aromatic heterocycles. The summed E-state index contributed by atoms with van der Waals surface area (Å²) in [6, 6.07) is 12.9. The Balaban J connectivity index is 1.59. The van der Waals surface area contributed by atoms with Crippen LogP contribution in [0.4, 0.5) is 20.2 Å². The Morgan fingerprint density at radius 3 is 2.47 bits per heavy atom. The smallest absolute Gasteiger partial charge is 0.262 e. The summed E-state index contributed by atoms with van der Waals surface area (Å²) in [5, 5.41) is 2.65. The summed E-state index contributed by atoms with van der Waals surface area (Å²) < 4.78 is 64.4. The number of para-hydroxylation sites is 1. The highest BCUT2D eigenvalue weighted by atomic mass is 32.2. The van der Waals surface area contributed by atoms with E-state index in [0.717, 1.165) is 6.07 Å². The molecule has 0 bridgehead atoms. The number of rotatable bonds is 5. The average Bonchev–Trinajstić information content (AvgIpc) is 3.18. The van der Waals surface area contributed by atoms with Crippen LogP contribution in [0, 0.1) is 11.6 Å². The van der Waals surface area contributed by atoms with Crippen LogP contribution in [0.3, 0.4) is 0 Å². The number of nitrogens with one attached hydrogen (secondary N) is 2. The molecule has 1 amide bonds. The summed E-state index contributed by atoms with van der Waals surface area (Å²) in [6.07, 6.45) is 0. The molecule has 0 saturated carbocycles. The molecule has 154 valence electrons. The quantitative estimate of drug-likeness (QED) is 0.641. The number of sulfonamides is 1. The van der Waals surface area contributed by atoms with Crippen LogP contribution < -0.4 is 19.5 Å². The van der Waals surface area contributed by atoms with Crippen molar-refractivity contribution < 1.29 is 31.5 Å². The van der Waals surface area contributed by atoms with Gasteiger partial charge in [-0.3, -0.25) is 9.52 Å². The van der Waals surface area contributed by atoms with E-state index in [1.54, 1.807) is 24.3 Å². The lowest BCUT2D eigenvalue weighted by atomic mass is 10.1. The lowest BCUT2D eigenvalue weighted by molar-refractivity contribution is 0.102. The maximum atomic E-state index is 13.4. The molecule has 1 aliphatic rings.